The number of aromatic hydroxyl groups is 1. The Hall–Kier alpha value is -1.77. The minimum Gasteiger partial charge on any atom is -0.507 e. The summed E-state index contributed by atoms with van der Waals surface area (Å²) in [5.74, 6) is 0.444. The van der Waals surface area contributed by atoms with E-state index in [0.717, 1.165) is 0 Å². The third kappa shape index (κ3) is 2.33. The highest BCUT2D eigenvalue weighted by Crippen LogP contribution is 2.21. The van der Waals surface area contributed by atoms with Gasteiger partial charge in [0.05, 0.1) is 5.56 Å². The van der Waals surface area contributed by atoms with Crippen molar-refractivity contribution in [2.75, 3.05) is 6.61 Å². The Bertz CT molecular complexity index is 318. The quantitative estimate of drug-likeness (QED) is 0.564. The van der Waals surface area contributed by atoms with Gasteiger partial charge in [-0.3, -0.25) is 4.79 Å². The topological polar surface area (TPSA) is 46.5 Å². The maximum absolute atomic E-state index is 10.3. The third-order valence-electron chi connectivity index (χ3n) is 1.50. The van der Waals surface area contributed by atoms with Crippen molar-refractivity contribution in [2.24, 2.45) is 0 Å². The third-order valence-corrected chi connectivity index (χ3v) is 1.50. The molecule has 0 atom stereocenters. The molecule has 0 aromatic heterocycles. The van der Waals surface area contributed by atoms with Crippen molar-refractivity contribution in [1.29, 1.82) is 0 Å². The second kappa shape index (κ2) is 4.30. The normalized spacial score (nSPS) is 9.23. The lowest BCUT2D eigenvalue weighted by Gasteiger charge is -2.03. The molecule has 0 radical (unpaired) electrons. The summed E-state index contributed by atoms with van der Waals surface area (Å²) in [6, 6.07) is 4.51. The Morgan fingerprint density at radius 2 is 2.31 bits per heavy atom. The molecule has 0 saturated heterocycles. The molecule has 3 nitrogen and oxygen atoms in total. The molecular weight excluding hydrogens is 168 g/mol. The first kappa shape index (κ1) is 9.32. The molecule has 3 heteroatoms. The van der Waals surface area contributed by atoms with E-state index in [9.17, 15) is 9.90 Å². The molecule has 0 unspecified atom stereocenters. The summed E-state index contributed by atoms with van der Waals surface area (Å²) < 4.78 is 5.14. The molecule has 0 bridgehead atoms. The number of rotatable bonds is 4. The largest absolute Gasteiger partial charge is 0.507 e. The molecular formula is C10H10O3. The van der Waals surface area contributed by atoms with E-state index >= 15 is 0 Å². The molecule has 0 spiro atoms. The number of hydrogen-bond acceptors (Lipinski definition) is 3. The van der Waals surface area contributed by atoms with Gasteiger partial charge in [-0.15, -0.1) is 0 Å². The van der Waals surface area contributed by atoms with E-state index in [1.807, 2.05) is 0 Å². The average Bonchev–Trinajstić information content (AvgIpc) is 2.15. The van der Waals surface area contributed by atoms with Gasteiger partial charge in [0.2, 0.25) is 0 Å². The second-order valence-corrected chi connectivity index (χ2v) is 2.44. The number of ether oxygens (including phenoxy) is 1. The van der Waals surface area contributed by atoms with Crippen LogP contribution in [-0.2, 0) is 0 Å². The predicted molar refractivity (Wildman–Crippen MR) is 49.2 cm³/mol. The summed E-state index contributed by atoms with van der Waals surface area (Å²) in [6.07, 6.45) is 2.19. The molecule has 0 aliphatic heterocycles. The molecule has 0 fully saturated rings. The van der Waals surface area contributed by atoms with Crippen LogP contribution in [0.2, 0.25) is 0 Å². The van der Waals surface area contributed by atoms with E-state index in [1.165, 1.54) is 12.1 Å². The van der Waals surface area contributed by atoms with E-state index in [0.29, 0.717) is 18.6 Å². The summed E-state index contributed by atoms with van der Waals surface area (Å²) in [7, 11) is 0. The maximum atomic E-state index is 10.3. The molecule has 0 amide bonds. The lowest BCUT2D eigenvalue weighted by Crippen LogP contribution is -1.93. The second-order valence-electron chi connectivity index (χ2n) is 2.44. The van der Waals surface area contributed by atoms with Crippen LogP contribution in [-0.4, -0.2) is 18.0 Å². The van der Waals surface area contributed by atoms with Crippen molar-refractivity contribution < 1.29 is 14.6 Å². The Balaban J connectivity index is 2.82. The molecule has 0 aliphatic carbocycles. The summed E-state index contributed by atoms with van der Waals surface area (Å²) in [6.45, 7) is 3.86. The van der Waals surface area contributed by atoms with Crippen LogP contribution in [0.15, 0.2) is 30.9 Å². The number of phenolic OH excluding ortho intramolecular Hbond substituents is 1. The fourth-order valence-electron chi connectivity index (χ4n) is 0.868. The van der Waals surface area contributed by atoms with Crippen molar-refractivity contribution in [3.63, 3.8) is 0 Å². The van der Waals surface area contributed by atoms with Crippen LogP contribution >= 0.6 is 0 Å². The van der Waals surface area contributed by atoms with E-state index < -0.39 is 0 Å². The number of carbonyl (C=O) groups excluding carboxylic acids is 1. The molecule has 13 heavy (non-hydrogen) atoms. The van der Waals surface area contributed by atoms with E-state index in [2.05, 4.69) is 6.58 Å². The molecule has 1 aromatic rings. The van der Waals surface area contributed by atoms with E-state index in [-0.39, 0.29) is 11.3 Å². The zero-order valence-electron chi connectivity index (χ0n) is 7.06. The average molecular weight is 178 g/mol. The van der Waals surface area contributed by atoms with Crippen molar-refractivity contribution in [2.45, 2.75) is 0 Å². The lowest BCUT2D eigenvalue weighted by atomic mass is 10.2. The van der Waals surface area contributed by atoms with Gasteiger partial charge in [0, 0.05) is 6.07 Å². The first-order chi connectivity index (χ1) is 6.27. The van der Waals surface area contributed by atoms with E-state index in [4.69, 9.17) is 4.74 Å². The first-order valence-corrected chi connectivity index (χ1v) is 3.80. The van der Waals surface area contributed by atoms with Gasteiger partial charge in [-0.2, -0.15) is 0 Å². The lowest BCUT2D eigenvalue weighted by molar-refractivity contribution is 0.112. The Labute approximate surface area is 76.3 Å². The fraction of sp³-hybridized carbons (Fsp3) is 0.100. The molecule has 1 aromatic carbocycles. The van der Waals surface area contributed by atoms with Gasteiger partial charge in [0.1, 0.15) is 18.1 Å². The monoisotopic (exact) mass is 178 g/mol. The van der Waals surface area contributed by atoms with Gasteiger partial charge in [0.15, 0.2) is 6.29 Å². The number of phenols is 1. The highest BCUT2D eigenvalue weighted by atomic mass is 16.5. The smallest absolute Gasteiger partial charge is 0.153 e. The van der Waals surface area contributed by atoms with Crippen molar-refractivity contribution in [3.8, 4) is 11.5 Å². The Morgan fingerprint density at radius 1 is 1.54 bits per heavy atom. The highest BCUT2D eigenvalue weighted by Gasteiger charge is 2.00. The van der Waals surface area contributed by atoms with Crippen molar-refractivity contribution >= 4 is 6.29 Å². The number of carbonyl (C=O) groups is 1. The first-order valence-electron chi connectivity index (χ1n) is 3.80. The fourth-order valence-corrected chi connectivity index (χ4v) is 0.868. The van der Waals surface area contributed by atoms with Crippen LogP contribution in [0, 0.1) is 0 Å². The van der Waals surface area contributed by atoms with Crippen LogP contribution < -0.4 is 4.74 Å². The molecule has 1 N–H and O–H groups in total. The van der Waals surface area contributed by atoms with Crippen molar-refractivity contribution in [3.05, 3.63) is 36.4 Å². The molecule has 0 heterocycles. The van der Waals surface area contributed by atoms with Crippen LogP contribution in [0.1, 0.15) is 10.4 Å². The van der Waals surface area contributed by atoms with Gasteiger partial charge in [0.25, 0.3) is 0 Å². The standard InChI is InChI=1S/C10H10O3/c1-2-5-13-9-4-3-8(7-11)10(12)6-9/h2-4,6-7,12H,1,5H2. The summed E-state index contributed by atoms with van der Waals surface area (Å²) >= 11 is 0. The van der Waals surface area contributed by atoms with Crippen LogP contribution in [0.25, 0.3) is 0 Å². The number of benzene rings is 1. The Morgan fingerprint density at radius 3 is 2.85 bits per heavy atom. The van der Waals surface area contributed by atoms with Crippen LogP contribution in [0.4, 0.5) is 0 Å². The van der Waals surface area contributed by atoms with Gasteiger partial charge in [-0.1, -0.05) is 12.7 Å². The van der Waals surface area contributed by atoms with Crippen molar-refractivity contribution in [1.82, 2.24) is 0 Å². The maximum Gasteiger partial charge on any atom is 0.153 e. The minimum absolute atomic E-state index is 0.0726. The predicted octanol–water partition coefficient (Wildman–Crippen LogP) is 1.77. The number of aldehydes is 1. The molecule has 68 valence electrons. The molecule has 1 rings (SSSR count). The number of hydrogen-bond donors (Lipinski definition) is 1. The minimum atomic E-state index is -0.0726. The summed E-state index contributed by atoms with van der Waals surface area (Å²) in [4.78, 5) is 10.3. The van der Waals surface area contributed by atoms with E-state index in [1.54, 1.807) is 12.1 Å². The van der Waals surface area contributed by atoms with Gasteiger partial charge in [-0.05, 0) is 12.1 Å². The zero-order valence-corrected chi connectivity index (χ0v) is 7.06. The van der Waals surface area contributed by atoms with Gasteiger partial charge < -0.3 is 9.84 Å². The summed E-state index contributed by atoms with van der Waals surface area (Å²) in [5.41, 5.74) is 0.256. The summed E-state index contributed by atoms with van der Waals surface area (Å²) in [5, 5.41) is 9.25. The van der Waals surface area contributed by atoms with Gasteiger partial charge >= 0.3 is 0 Å². The van der Waals surface area contributed by atoms with Crippen LogP contribution in [0.3, 0.4) is 0 Å². The van der Waals surface area contributed by atoms with Crippen LogP contribution in [0.5, 0.6) is 11.5 Å². The zero-order chi connectivity index (χ0) is 9.68. The molecule has 0 aliphatic rings. The molecule has 0 saturated carbocycles. The van der Waals surface area contributed by atoms with Gasteiger partial charge in [-0.25, -0.2) is 0 Å². The SMILES string of the molecule is C=CCOc1ccc(C=O)c(O)c1. The Kier molecular flexibility index (Phi) is 3.09. The highest BCUT2D eigenvalue weighted by molar-refractivity contribution is 5.79.